The Morgan fingerprint density at radius 2 is 0.896 bits per heavy atom. The molecule has 6 aromatic carbocycles. The monoisotopic (exact) mass is 622 g/mol. The Labute approximate surface area is 279 Å². The van der Waals surface area contributed by atoms with Gasteiger partial charge in [0.2, 0.25) is 0 Å². The molecule has 0 saturated carbocycles. The van der Waals surface area contributed by atoms with Crippen LogP contribution < -0.4 is 14.4 Å². The Kier molecular flexibility index (Phi) is 6.37. The molecule has 230 valence electrons. The Bertz CT molecular complexity index is 2230. The molecule has 2 aliphatic rings. The Balaban J connectivity index is 1.11. The van der Waals surface area contributed by atoms with Gasteiger partial charge in [0, 0.05) is 28.2 Å². The number of nitrogens with zero attached hydrogens (tertiary/aromatic N) is 4. The first-order valence-corrected chi connectivity index (χ1v) is 16.0. The first-order chi connectivity index (χ1) is 23.5. The molecular formula is C42H30N4O2. The third-order valence-corrected chi connectivity index (χ3v) is 9.16. The van der Waals surface area contributed by atoms with Crippen molar-refractivity contribution in [3.05, 3.63) is 157 Å². The largest absolute Gasteiger partial charge is 0.450 e. The Hall–Kier alpha value is -6.27. The van der Waals surface area contributed by atoms with E-state index in [4.69, 9.17) is 24.4 Å². The van der Waals surface area contributed by atoms with Crippen LogP contribution in [0.5, 0.6) is 23.0 Å². The first-order valence-electron chi connectivity index (χ1n) is 16.0. The molecule has 0 bridgehead atoms. The summed E-state index contributed by atoms with van der Waals surface area (Å²) in [4.78, 5) is 16.9. The van der Waals surface area contributed by atoms with Crippen molar-refractivity contribution in [3.63, 3.8) is 0 Å². The lowest BCUT2D eigenvalue weighted by atomic mass is 9.73. The van der Waals surface area contributed by atoms with E-state index < -0.39 is 0 Å². The van der Waals surface area contributed by atoms with E-state index in [0.29, 0.717) is 40.5 Å². The van der Waals surface area contributed by atoms with E-state index in [1.165, 1.54) is 11.1 Å². The standard InChI is InChI=1S/C42H30N4O2/c1-42(2)31-17-9-11-19-33(31)46(34-20-12-10-18-32(34)42)30-22-24-36-38(26-30)48-37-25-29(21-23-35(37)47-36)41-44-39(27-13-5-3-6-14-27)43-40(45-41)28-15-7-4-8-16-28/h3-26H,1-2H3. The van der Waals surface area contributed by atoms with Crippen molar-refractivity contribution in [2.45, 2.75) is 19.3 Å². The summed E-state index contributed by atoms with van der Waals surface area (Å²) in [5.41, 5.74) is 8.34. The van der Waals surface area contributed by atoms with Crippen molar-refractivity contribution in [1.82, 2.24) is 15.0 Å². The minimum absolute atomic E-state index is 0.136. The topological polar surface area (TPSA) is 60.4 Å². The van der Waals surface area contributed by atoms with Crippen molar-refractivity contribution >= 4 is 17.1 Å². The average Bonchev–Trinajstić information content (AvgIpc) is 3.14. The van der Waals surface area contributed by atoms with E-state index in [1.54, 1.807) is 0 Å². The summed E-state index contributed by atoms with van der Waals surface area (Å²) in [5, 5.41) is 0. The number of anilines is 3. The van der Waals surface area contributed by atoms with Gasteiger partial charge in [0.05, 0.1) is 17.1 Å². The maximum absolute atomic E-state index is 6.59. The zero-order chi connectivity index (χ0) is 32.2. The Morgan fingerprint density at radius 3 is 1.48 bits per heavy atom. The predicted octanol–water partition coefficient (Wildman–Crippen LogP) is 10.9. The number of rotatable bonds is 4. The molecular weight excluding hydrogens is 592 g/mol. The summed E-state index contributed by atoms with van der Waals surface area (Å²) in [5.74, 6) is 4.30. The normalized spacial score (nSPS) is 13.7. The maximum atomic E-state index is 6.59. The highest BCUT2D eigenvalue weighted by molar-refractivity contribution is 5.86. The first kappa shape index (κ1) is 28.0. The van der Waals surface area contributed by atoms with Gasteiger partial charge >= 0.3 is 0 Å². The Morgan fingerprint density at radius 1 is 0.438 bits per heavy atom. The number of hydrogen-bond acceptors (Lipinski definition) is 6. The minimum atomic E-state index is -0.136. The molecule has 0 aliphatic carbocycles. The van der Waals surface area contributed by atoms with Crippen molar-refractivity contribution in [2.75, 3.05) is 4.90 Å². The van der Waals surface area contributed by atoms with E-state index in [0.717, 1.165) is 33.8 Å². The molecule has 6 heteroatoms. The van der Waals surface area contributed by atoms with Crippen LogP contribution in [0.4, 0.5) is 17.1 Å². The summed E-state index contributed by atoms with van der Waals surface area (Å²) in [6, 6.07) is 49.1. The fourth-order valence-electron chi connectivity index (χ4n) is 6.73. The lowest BCUT2D eigenvalue weighted by Gasteiger charge is -2.42. The van der Waals surface area contributed by atoms with Gasteiger partial charge in [-0.3, -0.25) is 0 Å². The van der Waals surface area contributed by atoms with Crippen LogP contribution in [0.15, 0.2) is 146 Å². The van der Waals surface area contributed by atoms with Crippen molar-refractivity contribution in [3.8, 4) is 57.2 Å². The van der Waals surface area contributed by atoms with Crippen LogP contribution in [0, 0.1) is 0 Å². The number of hydrogen-bond donors (Lipinski definition) is 0. The van der Waals surface area contributed by atoms with Crippen LogP contribution >= 0.6 is 0 Å². The van der Waals surface area contributed by atoms with Crippen LogP contribution in [0.3, 0.4) is 0 Å². The minimum Gasteiger partial charge on any atom is -0.450 e. The van der Waals surface area contributed by atoms with E-state index in [9.17, 15) is 0 Å². The summed E-state index contributed by atoms with van der Waals surface area (Å²) < 4.78 is 13.0. The molecule has 2 aliphatic heterocycles. The van der Waals surface area contributed by atoms with E-state index in [-0.39, 0.29) is 5.41 Å². The molecule has 48 heavy (non-hydrogen) atoms. The zero-order valence-corrected chi connectivity index (χ0v) is 26.5. The van der Waals surface area contributed by atoms with Crippen molar-refractivity contribution in [1.29, 1.82) is 0 Å². The summed E-state index contributed by atoms with van der Waals surface area (Å²) in [6.45, 7) is 4.58. The van der Waals surface area contributed by atoms with Crippen LogP contribution in [-0.4, -0.2) is 15.0 Å². The molecule has 0 amide bonds. The molecule has 6 nitrogen and oxygen atoms in total. The van der Waals surface area contributed by atoms with Gasteiger partial charge in [0.1, 0.15) is 0 Å². The summed E-state index contributed by atoms with van der Waals surface area (Å²) in [7, 11) is 0. The van der Waals surface area contributed by atoms with Gasteiger partial charge in [-0.1, -0.05) is 111 Å². The highest BCUT2D eigenvalue weighted by Crippen LogP contribution is 2.54. The lowest BCUT2D eigenvalue weighted by Crippen LogP contribution is -2.30. The van der Waals surface area contributed by atoms with Gasteiger partial charge in [-0.2, -0.15) is 0 Å². The number of aromatic nitrogens is 3. The van der Waals surface area contributed by atoms with Gasteiger partial charge in [0.25, 0.3) is 0 Å². The van der Waals surface area contributed by atoms with Gasteiger partial charge in [0.15, 0.2) is 40.5 Å². The molecule has 0 atom stereocenters. The number of fused-ring (bicyclic) bond motifs is 4. The van der Waals surface area contributed by atoms with Crippen LogP contribution in [0.25, 0.3) is 34.2 Å². The van der Waals surface area contributed by atoms with Gasteiger partial charge < -0.3 is 14.4 Å². The molecule has 1 aromatic heterocycles. The number of ether oxygens (including phenoxy) is 2. The van der Waals surface area contributed by atoms with Gasteiger partial charge in [-0.25, -0.2) is 15.0 Å². The van der Waals surface area contributed by atoms with Crippen molar-refractivity contribution in [2.24, 2.45) is 0 Å². The quantitative estimate of drug-likeness (QED) is 0.195. The van der Waals surface area contributed by atoms with Crippen LogP contribution in [0.1, 0.15) is 25.0 Å². The predicted molar refractivity (Wildman–Crippen MR) is 190 cm³/mol. The molecule has 0 N–H and O–H groups in total. The highest BCUT2D eigenvalue weighted by Gasteiger charge is 2.36. The summed E-state index contributed by atoms with van der Waals surface area (Å²) >= 11 is 0. The molecule has 9 rings (SSSR count). The van der Waals surface area contributed by atoms with Gasteiger partial charge in [-0.15, -0.1) is 0 Å². The SMILES string of the molecule is CC1(C)c2ccccc2N(c2ccc3c(c2)Oc2cc(-c4nc(-c5ccccc5)nc(-c5ccccc5)n4)ccc2O3)c2ccccc21. The molecule has 0 radical (unpaired) electrons. The molecule has 0 spiro atoms. The second-order valence-electron chi connectivity index (χ2n) is 12.5. The molecule has 0 unspecified atom stereocenters. The maximum Gasteiger partial charge on any atom is 0.172 e. The van der Waals surface area contributed by atoms with Crippen molar-refractivity contribution < 1.29 is 9.47 Å². The van der Waals surface area contributed by atoms with Crippen LogP contribution in [0.2, 0.25) is 0 Å². The molecule has 7 aromatic rings. The molecule has 0 fully saturated rings. The number of para-hydroxylation sites is 2. The van der Waals surface area contributed by atoms with Crippen LogP contribution in [-0.2, 0) is 5.41 Å². The second kappa shape index (κ2) is 10.9. The lowest BCUT2D eigenvalue weighted by molar-refractivity contribution is 0.360. The summed E-state index contributed by atoms with van der Waals surface area (Å²) in [6.07, 6.45) is 0. The zero-order valence-electron chi connectivity index (χ0n) is 26.5. The van der Waals surface area contributed by atoms with E-state index in [1.807, 2.05) is 84.9 Å². The second-order valence-corrected chi connectivity index (χ2v) is 12.5. The van der Waals surface area contributed by atoms with E-state index >= 15 is 0 Å². The fourth-order valence-corrected chi connectivity index (χ4v) is 6.73. The average molecular weight is 623 g/mol. The molecule has 0 saturated heterocycles. The smallest absolute Gasteiger partial charge is 0.172 e. The van der Waals surface area contributed by atoms with E-state index in [2.05, 4.69) is 79.4 Å². The third kappa shape index (κ3) is 4.61. The highest BCUT2D eigenvalue weighted by atomic mass is 16.6. The molecule has 3 heterocycles. The third-order valence-electron chi connectivity index (χ3n) is 9.16. The number of benzene rings is 6. The van der Waals surface area contributed by atoms with Gasteiger partial charge in [-0.05, 0) is 53.6 Å². The fraction of sp³-hybridized carbons (Fsp3) is 0.0714.